The van der Waals surface area contributed by atoms with E-state index in [1.165, 1.54) is 24.5 Å². The maximum atomic E-state index is 11.8. The molecule has 2 aromatic heterocycles. The van der Waals surface area contributed by atoms with Crippen LogP contribution in [-0.4, -0.2) is 21.9 Å². The highest BCUT2D eigenvalue weighted by Crippen LogP contribution is 2.22. The highest BCUT2D eigenvalue weighted by Gasteiger charge is 2.07. The fourth-order valence-electron chi connectivity index (χ4n) is 1.36. The van der Waals surface area contributed by atoms with E-state index in [9.17, 15) is 4.79 Å². The third-order valence-electron chi connectivity index (χ3n) is 2.14. The minimum Gasteiger partial charge on any atom is -0.495 e. The Morgan fingerprint density at radius 3 is 2.88 bits per heavy atom. The van der Waals surface area contributed by atoms with Crippen molar-refractivity contribution in [1.82, 2.24) is 14.8 Å². The summed E-state index contributed by atoms with van der Waals surface area (Å²) in [7, 11) is 1.53. The van der Waals surface area contributed by atoms with Gasteiger partial charge >= 0.3 is 0 Å². The summed E-state index contributed by atoms with van der Waals surface area (Å²) in [6, 6.07) is 1.44. The summed E-state index contributed by atoms with van der Waals surface area (Å²) in [5.41, 5.74) is -0.127. The van der Waals surface area contributed by atoms with Gasteiger partial charge in [-0.25, -0.2) is 0 Å². The lowest BCUT2D eigenvalue weighted by molar-refractivity contribution is 0.409. The largest absolute Gasteiger partial charge is 0.495 e. The van der Waals surface area contributed by atoms with Crippen LogP contribution in [0.2, 0.25) is 0 Å². The van der Waals surface area contributed by atoms with E-state index in [4.69, 9.17) is 4.74 Å². The van der Waals surface area contributed by atoms with Crippen molar-refractivity contribution < 1.29 is 4.74 Å². The first-order valence-electron chi connectivity index (χ1n) is 4.83. The number of hydrogen-bond acceptors (Lipinski definition) is 5. The average molecular weight is 316 g/mol. The van der Waals surface area contributed by atoms with Crippen LogP contribution in [0.25, 0.3) is 0 Å². The summed E-state index contributed by atoms with van der Waals surface area (Å²) < 4.78 is 7.35. The lowest BCUT2D eigenvalue weighted by atomic mass is 10.4. The molecule has 0 fully saturated rings. The van der Waals surface area contributed by atoms with Crippen LogP contribution >= 0.6 is 27.3 Å². The second-order valence-corrected chi connectivity index (χ2v) is 5.49. The van der Waals surface area contributed by atoms with Gasteiger partial charge < -0.3 is 9.30 Å². The molecule has 0 atom stereocenters. The van der Waals surface area contributed by atoms with Crippen molar-refractivity contribution in [3.05, 3.63) is 37.1 Å². The van der Waals surface area contributed by atoms with E-state index in [-0.39, 0.29) is 5.56 Å². The van der Waals surface area contributed by atoms with Crippen molar-refractivity contribution >= 4 is 27.3 Å². The SMILES string of the molecule is COc1cc(=O)n(Cc2nnc(C)s2)cc1Br. The molecule has 0 radical (unpaired) electrons. The van der Waals surface area contributed by atoms with Gasteiger partial charge in [0.15, 0.2) is 0 Å². The normalized spacial score (nSPS) is 10.5. The van der Waals surface area contributed by atoms with Crippen molar-refractivity contribution in [1.29, 1.82) is 0 Å². The van der Waals surface area contributed by atoms with E-state index in [1.807, 2.05) is 6.92 Å². The molecule has 0 saturated heterocycles. The number of aromatic nitrogens is 3. The van der Waals surface area contributed by atoms with Gasteiger partial charge in [0.2, 0.25) is 0 Å². The molecular weight excluding hydrogens is 306 g/mol. The molecule has 0 aliphatic rings. The molecule has 0 amide bonds. The van der Waals surface area contributed by atoms with E-state index in [2.05, 4.69) is 26.1 Å². The predicted molar refractivity (Wildman–Crippen MR) is 68.7 cm³/mol. The van der Waals surface area contributed by atoms with Gasteiger partial charge in [-0.2, -0.15) is 0 Å². The number of rotatable bonds is 3. The maximum Gasteiger partial charge on any atom is 0.254 e. The fraction of sp³-hybridized carbons (Fsp3) is 0.300. The Bertz CT molecular complexity index is 593. The van der Waals surface area contributed by atoms with Gasteiger partial charge in [0.05, 0.1) is 18.1 Å². The van der Waals surface area contributed by atoms with Crippen LogP contribution in [0.15, 0.2) is 21.5 Å². The van der Waals surface area contributed by atoms with Crippen molar-refractivity contribution in [2.75, 3.05) is 7.11 Å². The molecule has 0 unspecified atom stereocenters. The highest BCUT2D eigenvalue weighted by atomic mass is 79.9. The molecule has 90 valence electrons. The molecule has 17 heavy (non-hydrogen) atoms. The van der Waals surface area contributed by atoms with Crippen molar-refractivity contribution in [2.45, 2.75) is 13.5 Å². The Morgan fingerprint density at radius 2 is 2.29 bits per heavy atom. The van der Waals surface area contributed by atoms with Gasteiger partial charge in [-0.05, 0) is 22.9 Å². The standard InChI is InChI=1S/C10H10BrN3O2S/c1-6-12-13-9(17-6)5-14-4-7(11)8(16-2)3-10(14)15/h3-4H,5H2,1-2H3. The molecule has 0 aliphatic carbocycles. The third-order valence-corrected chi connectivity index (χ3v) is 3.55. The number of nitrogens with zero attached hydrogens (tertiary/aromatic N) is 3. The molecule has 0 spiro atoms. The number of pyridine rings is 1. The molecule has 7 heteroatoms. The van der Waals surface area contributed by atoms with E-state index >= 15 is 0 Å². The smallest absolute Gasteiger partial charge is 0.254 e. The van der Waals surface area contributed by atoms with E-state index < -0.39 is 0 Å². The lowest BCUT2D eigenvalue weighted by Crippen LogP contribution is -2.19. The number of hydrogen-bond donors (Lipinski definition) is 0. The Kier molecular flexibility index (Phi) is 3.58. The zero-order valence-corrected chi connectivity index (χ0v) is 11.7. The summed E-state index contributed by atoms with van der Waals surface area (Å²) in [5.74, 6) is 0.527. The van der Waals surface area contributed by atoms with Crippen molar-refractivity contribution in [3.63, 3.8) is 0 Å². The Morgan fingerprint density at radius 1 is 1.53 bits per heavy atom. The second kappa shape index (κ2) is 4.97. The monoisotopic (exact) mass is 315 g/mol. The molecule has 5 nitrogen and oxygen atoms in total. The quantitative estimate of drug-likeness (QED) is 0.867. The average Bonchev–Trinajstić information content (AvgIpc) is 2.69. The first-order valence-corrected chi connectivity index (χ1v) is 6.44. The maximum absolute atomic E-state index is 11.8. The molecule has 0 bridgehead atoms. The van der Waals surface area contributed by atoms with Crippen LogP contribution in [0.5, 0.6) is 5.75 Å². The first-order chi connectivity index (χ1) is 8.10. The van der Waals surface area contributed by atoms with E-state index in [0.717, 1.165) is 14.5 Å². The third kappa shape index (κ3) is 2.73. The molecular formula is C10H10BrN3O2S. The minimum absolute atomic E-state index is 0.127. The van der Waals surface area contributed by atoms with Crippen molar-refractivity contribution in [2.24, 2.45) is 0 Å². The second-order valence-electron chi connectivity index (χ2n) is 3.37. The zero-order valence-electron chi connectivity index (χ0n) is 9.31. The number of halogens is 1. The molecule has 0 N–H and O–H groups in total. The molecule has 2 aromatic rings. The van der Waals surface area contributed by atoms with E-state index in [0.29, 0.717) is 12.3 Å². The van der Waals surface area contributed by atoms with Gasteiger partial charge in [-0.1, -0.05) is 11.3 Å². The summed E-state index contributed by atoms with van der Waals surface area (Å²) in [6.07, 6.45) is 1.69. The molecule has 0 saturated carbocycles. The number of aryl methyl sites for hydroxylation is 1. The first kappa shape index (κ1) is 12.3. The van der Waals surface area contributed by atoms with Crippen LogP contribution in [0, 0.1) is 6.92 Å². The zero-order chi connectivity index (χ0) is 12.4. The van der Waals surface area contributed by atoms with Crippen LogP contribution in [0.3, 0.4) is 0 Å². The fourth-order valence-corrected chi connectivity index (χ4v) is 2.59. The predicted octanol–water partition coefficient (Wildman–Crippen LogP) is 1.83. The van der Waals surface area contributed by atoms with Gasteiger partial charge in [0.25, 0.3) is 5.56 Å². The van der Waals surface area contributed by atoms with Crippen molar-refractivity contribution in [3.8, 4) is 5.75 Å². The summed E-state index contributed by atoms with van der Waals surface area (Å²) in [4.78, 5) is 11.8. The van der Waals surface area contributed by atoms with Gasteiger partial charge in [-0.15, -0.1) is 10.2 Å². The van der Waals surface area contributed by atoms with Gasteiger partial charge in [0, 0.05) is 12.3 Å². The topological polar surface area (TPSA) is 57.0 Å². The van der Waals surface area contributed by atoms with E-state index in [1.54, 1.807) is 10.8 Å². The molecule has 0 aliphatic heterocycles. The summed E-state index contributed by atoms with van der Waals surface area (Å²) in [6.45, 7) is 2.31. The Labute approximate surface area is 110 Å². The molecule has 2 rings (SSSR count). The highest BCUT2D eigenvalue weighted by molar-refractivity contribution is 9.10. The van der Waals surface area contributed by atoms with Gasteiger partial charge in [-0.3, -0.25) is 4.79 Å². The van der Waals surface area contributed by atoms with Crippen LogP contribution in [0.1, 0.15) is 10.0 Å². The Balaban J connectivity index is 2.33. The van der Waals surface area contributed by atoms with Crippen LogP contribution in [0.4, 0.5) is 0 Å². The Hall–Kier alpha value is -1.21. The number of ether oxygens (including phenoxy) is 1. The molecule has 2 heterocycles. The minimum atomic E-state index is -0.127. The molecule has 0 aromatic carbocycles. The number of methoxy groups -OCH3 is 1. The van der Waals surface area contributed by atoms with Gasteiger partial charge in [0.1, 0.15) is 15.8 Å². The van der Waals surface area contributed by atoms with Crippen LogP contribution < -0.4 is 10.3 Å². The van der Waals surface area contributed by atoms with Crippen LogP contribution in [-0.2, 0) is 6.54 Å². The summed E-state index contributed by atoms with van der Waals surface area (Å²) in [5, 5.41) is 9.60. The lowest BCUT2D eigenvalue weighted by Gasteiger charge is -2.06. The summed E-state index contributed by atoms with van der Waals surface area (Å²) >= 11 is 4.82.